The number of benzene rings is 1. The Labute approximate surface area is 103 Å². The van der Waals surface area contributed by atoms with Gasteiger partial charge in [0.05, 0.1) is 5.69 Å². The number of nitrogens with zero attached hydrogens (tertiary/aromatic N) is 2. The van der Waals surface area contributed by atoms with Gasteiger partial charge in [-0.1, -0.05) is 26.0 Å². The normalized spacial score (nSPS) is 11.6. The molecular weight excluding hydrogens is 208 g/mol. The molecule has 1 aromatic carbocycles. The summed E-state index contributed by atoms with van der Waals surface area (Å²) in [6, 6.07) is 8.77. The smallest absolute Gasteiger partial charge is 0.0507 e. The topological polar surface area (TPSA) is 16.1 Å². The first kappa shape index (κ1) is 12.1. The van der Waals surface area contributed by atoms with E-state index in [4.69, 9.17) is 0 Å². The molecule has 0 saturated carbocycles. The first-order valence-corrected chi connectivity index (χ1v) is 6.10. The van der Waals surface area contributed by atoms with Gasteiger partial charge in [0.2, 0.25) is 0 Å². The average Bonchev–Trinajstić information content (AvgIpc) is 2.26. The summed E-state index contributed by atoms with van der Waals surface area (Å²) in [6.07, 6.45) is 1.91. The van der Waals surface area contributed by atoms with E-state index < -0.39 is 0 Å². The lowest BCUT2D eigenvalue weighted by Crippen LogP contribution is -2.10. The zero-order chi connectivity index (χ0) is 12.4. The lowest BCUT2D eigenvalue weighted by molar-refractivity contribution is 0.403. The average molecular weight is 228 g/mol. The van der Waals surface area contributed by atoms with Gasteiger partial charge in [-0.25, -0.2) is 0 Å². The fourth-order valence-electron chi connectivity index (χ4n) is 2.17. The predicted octanol–water partition coefficient (Wildman–Crippen LogP) is 3.42. The van der Waals surface area contributed by atoms with Crippen LogP contribution in [0, 0.1) is 0 Å². The fourth-order valence-corrected chi connectivity index (χ4v) is 2.17. The van der Waals surface area contributed by atoms with Crippen LogP contribution in [0.2, 0.25) is 0 Å². The Morgan fingerprint density at radius 2 is 1.94 bits per heavy atom. The number of hydrogen-bond acceptors (Lipinski definition) is 2. The highest BCUT2D eigenvalue weighted by atomic mass is 15.0. The van der Waals surface area contributed by atoms with Crippen LogP contribution in [-0.2, 0) is 6.54 Å². The Balaban J connectivity index is 2.49. The number of hydrogen-bond donors (Lipinski definition) is 0. The molecule has 2 nitrogen and oxygen atoms in total. The molecule has 0 aliphatic carbocycles. The number of fused-ring (bicyclic) bond motifs is 1. The molecule has 0 aliphatic rings. The Morgan fingerprint density at radius 3 is 2.59 bits per heavy atom. The van der Waals surface area contributed by atoms with Gasteiger partial charge in [0.1, 0.15) is 0 Å². The maximum Gasteiger partial charge on any atom is 0.0507 e. The largest absolute Gasteiger partial charge is 0.305 e. The van der Waals surface area contributed by atoms with Crippen molar-refractivity contribution in [1.29, 1.82) is 0 Å². The minimum absolute atomic E-state index is 0.471. The van der Waals surface area contributed by atoms with E-state index in [0.717, 1.165) is 6.54 Å². The van der Waals surface area contributed by atoms with Gasteiger partial charge in [0.15, 0.2) is 0 Å². The maximum atomic E-state index is 4.49. The molecule has 0 atom stereocenters. The van der Waals surface area contributed by atoms with Crippen molar-refractivity contribution in [2.24, 2.45) is 0 Å². The van der Waals surface area contributed by atoms with Crippen molar-refractivity contribution in [3.8, 4) is 0 Å². The van der Waals surface area contributed by atoms with Gasteiger partial charge >= 0.3 is 0 Å². The third-order valence-corrected chi connectivity index (χ3v) is 2.91. The van der Waals surface area contributed by atoms with Crippen molar-refractivity contribution < 1.29 is 0 Å². The number of pyridine rings is 1. The molecule has 1 aromatic heterocycles. The van der Waals surface area contributed by atoms with Crippen molar-refractivity contribution >= 4 is 10.8 Å². The summed E-state index contributed by atoms with van der Waals surface area (Å²) < 4.78 is 0. The van der Waals surface area contributed by atoms with Gasteiger partial charge in [-0.05, 0) is 43.1 Å². The van der Waals surface area contributed by atoms with Crippen molar-refractivity contribution in [2.75, 3.05) is 14.1 Å². The van der Waals surface area contributed by atoms with E-state index in [-0.39, 0.29) is 0 Å². The molecule has 2 rings (SSSR count). The molecular formula is C15H20N2. The van der Waals surface area contributed by atoms with Gasteiger partial charge in [-0.2, -0.15) is 0 Å². The Hall–Kier alpha value is -1.41. The second kappa shape index (κ2) is 4.84. The number of aromatic nitrogens is 1. The summed E-state index contributed by atoms with van der Waals surface area (Å²) in [5, 5.41) is 2.58. The standard InChI is InChI=1S/C15H20N2/c1-11(2)15-14-6-5-12(10-17(3)4)9-13(14)7-8-16-15/h5-9,11H,10H2,1-4H3. The van der Waals surface area contributed by atoms with Crippen molar-refractivity contribution in [2.45, 2.75) is 26.3 Å². The van der Waals surface area contributed by atoms with Crippen molar-refractivity contribution in [3.05, 3.63) is 41.7 Å². The molecule has 0 N–H and O–H groups in total. The summed E-state index contributed by atoms with van der Waals surface area (Å²) >= 11 is 0. The molecule has 90 valence electrons. The maximum absolute atomic E-state index is 4.49. The molecule has 1 heterocycles. The fraction of sp³-hybridized carbons (Fsp3) is 0.400. The third-order valence-electron chi connectivity index (χ3n) is 2.91. The summed E-state index contributed by atoms with van der Waals surface area (Å²) in [4.78, 5) is 6.67. The molecule has 0 radical (unpaired) electrons. The van der Waals surface area contributed by atoms with Gasteiger partial charge in [-0.15, -0.1) is 0 Å². The summed E-state index contributed by atoms with van der Waals surface area (Å²) in [7, 11) is 4.19. The molecule has 0 aliphatic heterocycles. The number of rotatable bonds is 3. The highest BCUT2D eigenvalue weighted by Gasteiger charge is 2.06. The van der Waals surface area contributed by atoms with Crippen LogP contribution in [0.15, 0.2) is 30.5 Å². The third kappa shape index (κ3) is 2.64. The van der Waals surface area contributed by atoms with Crippen LogP contribution in [0.1, 0.15) is 31.0 Å². The minimum Gasteiger partial charge on any atom is -0.305 e. The van der Waals surface area contributed by atoms with Gasteiger partial charge < -0.3 is 4.90 Å². The highest BCUT2D eigenvalue weighted by Crippen LogP contribution is 2.24. The van der Waals surface area contributed by atoms with Crippen LogP contribution in [0.3, 0.4) is 0 Å². The molecule has 0 spiro atoms. The molecule has 0 bridgehead atoms. The van der Waals surface area contributed by atoms with Crippen LogP contribution in [0.4, 0.5) is 0 Å². The summed E-state index contributed by atoms with van der Waals surface area (Å²) in [5.41, 5.74) is 2.54. The zero-order valence-electron chi connectivity index (χ0n) is 11.1. The Bertz CT molecular complexity index is 515. The molecule has 17 heavy (non-hydrogen) atoms. The minimum atomic E-state index is 0.471. The first-order chi connectivity index (χ1) is 8.08. The first-order valence-electron chi connectivity index (χ1n) is 6.10. The van der Waals surface area contributed by atoms with E-state index >= 15 is 0 Å². The second-order valence-corrected chi connectivity index (χ2v) is 5.14. The monoisotopic (exact) mass is 228 g/mol. The van der Waals surface area contributed by atoms with Crippen LogP contribution in [-0.4, -0.2) is 24.0 Å². The van der Waals surface area contributed by atoms with E-state index in [1.807, 2.05) is 6.20 Å². The van der Waals surface area contributed by atoms with E-state index in [2.05, 4.69) is 62.1 Å². The van der Waals surface area contributed by atoms with Gasteiger partial charge in [0.25, 0.3) is 0 Å². The van der Waals surface area contributed by atoms with Crippen LogP contribution in [0.25, 0.3) is 10.8 Å². The van der Waals surface area contributed by atoms with E-state index in [1.165, 1.54) is 22.0 Å². The predicted molar refractivity (Wildman–Crippen MR) is 73.2 cm³/mol. The van der Waals surface area contributed by atoms with E-state index in [1.54, 1.807) is 0 Å². The SMILES string of the molecule is CC(C)c1nccc2cc(CN(C)C)ccc12. The van der Waals surface area contributed by atoms with Crippen LogP contribution >= 0.6 is 0 Å². The van der Waals surface area contributed by atoms with E-state index in [0.29, 0.717) is 5.92 Å². The molecule has 2 aromatic rings. The van der Waals surface area contributed by atoms with E-state index in [9.17, 15) is 0 Å². The summed E-state index contributed by atoms with van der Waals surface area (Å²) in [5.74, 6) is 0.471. The van der Waals surface area contributed by atoms with Crippen molar-refractivity contribution in [1.82, 2.24) is 9.88 Å². The lowest BCUT2D eigenvalue weighted by Gasteiger charge is -2.12. The molecule has 0 saturated heterocycles. The lowest BCUT2D eigenvalue weighted by atomic mass is 10.0. The van der Waals surface area contributed by atoms with Gasteiger partial charge in [-0.3, -0.25) is 4.98 Å². The van der Waals surface area contributed by atoms with Crippen molar-refractivity contribution in [3.63, 3.8) is 0 Å². The molecule has 0 fully saturated rings. The van der Waals surface area contributed by atoms with Gasteiger partial charge in [0, 0.05) is 18.1 Å². The van der Waals surface area contributed by atoms with Crippen LogP contribution in [0.5, 0.6) is 0 Å². The Morgan fingerprint density at radius 1 is 1.18 bits per heavy atom. The summed E-state index contributed by atoms with van der Waals surface area (Å²) in [6.45, 7) is 5.36. The molecule has 0 amide bonds. The Kier molecular flexibility index (Phi) is 3.43. The highest BCUT2D eigenvalue weighted by molar-refractivity contribution is 5.85. The second-order valence-electron chi connectivity index (χ2n) is 5.14. The van der Waals surface area contributed by atoms with Crippen LogP contribution < -0.4 is 0 Å². The zero-order valence-corrected chi connectivity index (χ0v) is 11.1. The quantitative estimate of drug-likeness (QED) is 0.800. The molecule has 0 unspecified atom stereocenters. The molecule has 2 heteroatoms.